The number of halogens is 2. The maximum Gasteiger partial charge on any atom is 0.320 e. The van der Waals surface area contributed by atoms with Gasteiger partial charge in [0.1, 0.15) is 17.3 Å². The number of nitrogens with one attached hydrogen (secondary N) is 1. The number of rotatable bonds is 5. The molecule has 0 aliphatic carbocycles. The maximum atomic E-state index is 13.4. The zero-order valence-electron chi connectivity index (χ0n) is 9.92. The van der Waals surface area contributed by atoms with Gasteiger partial charge in [0.15, 0.2) is 0 Å². The Hall–Kier alpha value is -2.14. The molecule has 0 saturated carbocycles. The number of hydrogen-bond donors (Lipinski definition) is 1. The molecule has 0 saturated heterocycles. The van der Waals surface area contributed by atoms with Gasteiger partial charge in [0, 0.05) is 12.1 Å². The molecule has 0 amide bonds. The normalized spacial score (nSPS) is 11.2. The van der Waals surface area contributed by atoms with Crippen molar-refractivity contribution in [3.63, 3.8) is 0 Å². The quantitative estimate of drug-likeness (QED) is 0.476. The SMILES string of the molecule is COC(=O)CNS(=O)(=O)c1cc([N+](=O)[O-])c(F)cc1F. The van der Waals surface area contributed by atoms with Gasteiger partial charge in [-0.2, -0.15) is 9.11 Å². The van der Waals surface area contributed by atoms with E-state index in [0.717, 1.165) is 7.11 Å². The van der Waals surface area contributed by atoms with E-state index in [4.69, 9.17) is 0 Å². The first-order valence-corrected chi connectivity index (χ1v) is 6.37. The van der Waals surface area contributed by atoms with Gasteiger partial charge in [-0.1, -0.05) is 0 Å². The van der Waals surface area contributed by atoms with Crippen LogP contribution in [0.25, 0.3) is 0 Å². The number of nitro groups is 1. The second-order valence-electron chi connectivity index (χ2n) is 3.39. The molecule has 0 unspecified atom stereocenters. The van der Waals surface area contributed by atoms with Crippen LogP contribution in [0.1, 0.15) is 0 Å². The Labute approximate surface area is 111 Å². The van der Waals surface area contributed by atoms with E-state index in [-0.39, 0.29) is 12.1 Å². The molecule has 1 aromatic rings. The fraction of sp³-hybridized carbons (Fsp3) is 0.222. The van der Waals surface area contributed by atoms with Gasteiger partial charge >= 0.3 is 11.7 Å². The molecule has 0 heterocycles. The highest BCUT2D eigenvalue weighted by molar-refractivity contribution is 7.89. The van der Waals surface area contributed by atoms with E-state index >= 15 is 0 Å². The molecule has 0 atom stereocenters. The molecular weight excluding hydrogens is 302 g/mol. The molecule has 0 spiro atoms. The number of benzene rings is 1. The summed E-state index contributed by atoms with van der Waals surface area (Å²) >= 11 is 0. The molecule has 110 valence electrons. The van der Waals surface area contributed by atoms with Crippen LogP contribution in [0.2, 0.25) is 0 Å². The van der Waals surface area contributed by atoms with Crippen LogP contribution in [0, 0.1) is 21.7 Å². The summed E-state index contributed by atoms with van der Waals surface area (Å²) in [7, 11) is -3.57. The highest BCUT2D eigenvalue weighted by Crippen LogP contribution is 2.24. The molecule has 8 nitrogen and oxygen atoms in total. The molecule has 1 rings (SSSR count). The Morgan fingerprint density at radius 3 is 2.50 bits per heavy atom. The van der Waals surface area contributed by atoms with Crippen LogP contribution in [0.5, 0.6) is 0 Å². The van der Waals surface area contributed by atoms with Crippen LogP contribution in [0.15, 0.2) is 17.0 Å². The first kappa shape index (κ1) is 15.9. The summed E-state index contributed by atoms with van der Waals surface area (Å²) in [6, 6.07) is 0.301. The number of sulfonamides is 1. The van der Waals surface area contributed by atoms with Crippen molar-refractivity contribution in [1.82, 2.24) is 4.72 Å². The topological polar surface area (TPSA) is 116 Å². The lowest BCUT2D eigenvalue weighted by molar-refractivity contribution is -0.387. The smallest absolute Gasteiger partial charge is 0.320 e. The minimum Gasteiger partial charge on any atom is -0.468 e. The van der Waals surface area contributed by atoms with E-state index in [1.807, 2.05) is 0 Å². The highest BCUT2D eigenvalue weighted by atomic mass is 32.2. The van der Waals surface area contributed by atoms with Crippen molar-refractivity contribution >= 4 is 21.7 Å². The molecule has 0 radical (unpaired) electrons. The zero-order valence-corrected chi connectivity index (χ0v) is 10.7. The predicted octanol–water partition coefficient (Wildman–Crippen LogP) is 0.324. The summed E-state index contributed by atoms with van der Waals surface area (Å²) in [5, 5.41) is 10.5. The standard InChI is InChI=1S/C9H8F2N2O6S/c1-19-9(14)4-12-20(17,18)8-3-7(13(15)16)5(10)2-6(8)11/h2-3,12H,4H2,1H3. The number of ether oxygens (including phenoxy) is 1. The number of carbonyl (C=O) groups excluding carboxylic acids is 1. The summed E-state index contributed by atoms with van der Waals surface area (Å²) in [5.74, 6) is -3.99. The number of methoxy groups -OCH3 is 1. The minimum absolute atomic E-state index is 0.0742. The third kappa shape index (κ3) is 3.45. The molecule has 0 aliphatic rings. The van der Waals surface area contributed by atoms with Crippen molar-refractivity contribution in [2.45, 2.75) is 4.90 Å². The fourth-order valence-electron chi connectivity index (χ4n) is 1.17. The minimum atomic E-state index is -4.57. The lowest BCUT2D eigenvalue weighted by atomic mass is 10.3. The van der Waals surface area contributed by atoms with Gasteiger partial charge in [0.05, 0.1) is 12.0 Å². The molecule has 0 aromatic heterocycles. The lowest BCUT2D eigenvalue weighted by Gasteiger charge is -2.07. The predicted molar refractivity (Wildman–Crippen MR) is 60.2 cm³/mol. The van der Waals surface area contributed by atoms with Gasteiger partial charge in [-0.05, 0) is 0 Å². The van der Waals surface area contributed by atoms with E-state index in [2.05, 4.69) is 4.74 Å². The first-order chi connectivity index (χ1) is 9.19. The van der Waals surface area contributed by atoms with Crippen LogP contribution in [0.3, 0.4) is 0 Å². The molecule has 0 bridgehead atoms. The average Bonchev–Trinajstić information content (AvgIpc) is 2.35. The largest absolute Gasteiger partial charge is 0.468 e. The van der Waals surface area contributed by atoms with Gasteiger partial charge in [-0.25, -0.2) is 12.8 Å². The van der Waals surface area contributed by atoms with Crippen LogP contribution < -0.4 is 4.72 Å². The van der Waals surface area contributed by atoms with Crippen molar-refractivity contribution in [3.8, 4) is 0 Å². The van der Waals surface area contributed by atoms with Crippen molar-refractivity contribution in [1.29, 1.82) is 0 Å². The number of carbonyl (C=O) groups is 1. The molecule has 0 fully saturated rings. The highest BCUT2D eigenvalue weighted by Gasteiger charge is 2.26. The Kier molecular flexibility index (Phi) is 4.68. The van der Waals surface area contributed by atoms with Gasteiger partial charge in [-0.3, -0.25) is 14.9 Å². The number of esters is 1. The maximum absolute atomic E-state index is 13.4. The lowest BCUT2D eigenvalue weighted by Crippen LogP contribution is -2.30. The van der Waals surface area contributed by atoms with Crippen LogP contribution >= 0.6 is 0 Å². The second kappa shape index (κ2) is 5.88. The van der Waals surface area contributed by atoms with Crippen LogP contribution in [-0.4, -0.2) is 33.0 Å². The van der Waals surface area contributed by atoms with E-state index < -0.39 is 49.7 Å². The number of nitrogens with zero attached hydrogens (tertiary/aromatic N) is 1. The molecule has 20 heavy (non-hydrogen) atoms. The summed E-state index contributed by atoms with van der Waals surface area (Å²) in [4.78, 5) is 18.9. The third-order valence-corrected chi connectivity index (χ3v) is 3.54. The van der Waals surface area contributed by atoms with E-state index in [9.17, 15) is 32.1 Å². The van der Waals surface area contributed by atoms with E-state index in [1.54, 1.807) is 4.72 Å². The Morgan fingerprint density at radius 2 is 2.00 bits per heavy atom. The Bertz CT molecular complexity index is 661. The zero-order chi connectivity index (χ0) is 15.5. The summed E-state index contributed by atoms with van der Waals surface area (Å²) in [6.45, 7) is -0.802. The Balaban J connectivity index is 3.21. The van der Waals surface area contributed by atoms with Gasteiger partial charge in [0.25, 0.3) is 0 Å². The molecular formula is C9H8F2N2O6S. The summed E-state index contributed by atoms with van der Waals surface area (Å²) < 4.78 is 55.6. The third-order valence-electron chi connectivity index (χ3n) is 2.12. The average molecular weight is 310 g/mol. The number of hydrogen-bond acceptors (Lipinski definition) is 6. The molecule has 0 aliphatic heterocycles. The molecule has 1 aromatic carbocycles. The molecule has 11 heteroatoms. The summed E-state index contributed by atoms with van der Waals surface area (Å²) in [6.07, 6.45) is 0. The van der Waals surface area contributed by atoms with Gasteiger partial charge in [-0.15, -0.1) is 0 Å². The summed E-state index contributed by atoms with van der Waals surface area (Å²) in [5.41, 5.74) is -1.20. The Morgan fingerprint density at radius 1 is 1.40 bits per heavy atom. The number of nitro benzene ring substituents is 1. The second-order valence-corrected chi connectivity index (χ2v) is 5.13. The fourth-order valence-corrected chi connectivity index (χ4v) is 2.21. The van der Waals surface area contributed by atoms with Crippen LogP contribution in [-0.2, 0) is 19.6 Å². The van der Waals surface area contributed by atoms with Crippen molar-refractivity contribution in [2.75, 3.05) is 13.7 Å². The molecule has 1 N–H and O–H groups in total. The van der Waals surface area contributed by atoms with Crippen molar-refractivity contribution in [3.05, 3.63) is 33.9 Å². The van der Waals surface area contributed by atoms with Crippen molar-refractivity contribution in [2.24, 2.45) is 0 Å². The van der Waals surface area contributed by atoms with E-state index in [0.29, 0.717) is 0 Å². The van der Waals surface area contributed by atoms with Gasteiger partial charge < -0.3 is 4.74 Å². The van der Waals surface area contributed by atoms with Crippen molar-refractivity contribution < 1.29 is 31.7 Å². The van der Waals surface area contributed by atoms with Crippen LogP contribution in [0.4, 0.5) is 14.5 Å². The monoisotopic (exact) mass is 310 g/mol. The van der Waals surface area contributed by atoms with E-state index in [1.165, 1.54) is 0 Å². The van der Waals surface area contributed by atoms with Gasteiger partial charge in [0.2, 0.25) is 15.8 Å². The first-order valence-electron chi connectivity index (χ1n) is 4.89.